The Hall–Kier alpha value is -1.42. The van der Waals surface area contributed by atoms with Gasteiger partial charge in [0.1, 0.15) is 5.82 Å². The summed E-state index contributed by atoms with van der Waals surface area (Å²) in [6.45, 7) is 7.02. The predicted molar refractivity (Wildman–Crippen MR) is 67.1 cm³/mol. The van der Waals surface area contributed by atoms with Crippen molar-refractivity contribution < 1.29 is 9.18 Å². The quantitative estimate of drug-likeness (QED) is 0.850. The summed E-state index contributed by atoms with van der Waals surface area (Å²) in [4.78, 5) is 12.1. The smallest absolute Gasteiger partial charge is 0.231 e. The van der Waals surface area contributed by atoms with Crippen molar-refractivity contribution in [2.75, 3.05) is 5.32 Å². The predicted octanol–water partition coefficient (Wildman–Crippen LogP) is 2.53. The van der Waals surface area contributed by atoms with E-state index >= 15 is 0 Å². The van der Waals surface area contributed by atoms with E-state index in [0.717, 1.165) is 0 Å². The highest BCUT2D eigenvalue weighted by Gasteiger charge is 2.40. The molecule has 0 radical (unpaired) electrons. The molecular weight excluding hydrogens is 219 g/mol. The van der Waals surface area contributed by atoms with E-state index in [1.807, 2.05) is 0 Å². The highest BCUT2D eigenvalue weighted by Crippen LogP contribution is 2.30. The number of nitrogens with two attached hydrogens (primary N) is 1. The Kier molecular flexibility index (Phi) is 3.57. The highest BCUT2D eigenvalue weighted by molar-refractivity contribution is 5.95. The maximum Gasteiger partial charge on any atom is 0.231 e. The summed E-state index contributed by atoms with van der Waals surface area (Å²) in [5, 5.41) is 2.56. The Bertz CT molecular complexity index is 422. The van der Waals surface area contributed by atoms with Crippen LogP contribution in [0, 0.1) is 11.2 Å². The molecule has 0 aliphatic heterocycles. The van der Waals surface area contributed by atoms with Crippen molar-refractivity contribution in [3.63, 3.8) is 0 Å². The number of amides is 1. The molecule has 1 rings (SSSR count). The van der Waals surface area contributed by atoms with Crippen LogP contribution in [-0.4, -0.2) is 11.4 Å². The first-order chi connectivity index (χ1) is 7.66. The third-order valence-corrected chi connectivity index (χ3v) is 3.30. The second-order valence-electron chi connectivity index (χ2n) is 5.28. The van der Waals surface area contributed by atoms with E-state index in [9.17, 15) is 9.18 Å². The number of rotatable bonds is 3. The lowest BCUT2D eigenvalue weighted by Crippen LogP contribution is -2.53. The molecule has 0 spiro atoms. The standard InChI is InChI=1S/C13H19FN2O/c1-12(2,13(3,4)15)11(17)16-10-8-6-5-7-9(10)14/h5-8H,15H2,1-4H3,(H,16,17). The first-order valence-electron chi connectivity index (χ1n) is 5.51. The van der Waals surface area contributed by atoms with Crippen molar-refractivity contribution in [1.29, 1.82) is 0 Å². The monoisotopic (exact) mass is 238 g/mol. The maximum absolute atomic E-state index is 13.4. The van der Waals surface area contributed by atoms with Gasteiger partial charge in [0.05, 0.1) is 11.1 Å². The second-order valence-corrected chi connectivity index (χ2v) is 5.28. The molecule has 0 heterocycles. The molecule has 1 aromatic carbocycles. The molecule has 0 unspecified atom stereocenters. The van der Waals surface area contributed by atoms with Gasteiger partial charge in [-0.15, -0.1) is 0 Å². The number of nitrogens with one attached hydrogen (secondary N) is 1. The summed E-state index contributed by atoms with van der Waals surface area (Å²) >= 11 is 0. The molecular formula is C13H19FN2O. The van der Waals surface area contributed by atoms with Gasteiger partial charge in [-0.2, -0.15) is 0 Å². The van der Waals surface area contributed by atoms with Crippen LogP contribution in [0.4, 0.5) is 10.1 Å². The van der Waals surface area contributed by atoms with Crippen LogP contribution in [-0.2, 0) is 4.79 Å². The van der Waals surface area contributed by atoms with Crippen molar-refractivity contribution in [2.24, 2.45) is 11.1 Å². The molecule has 17 heavy (non-hydrogen) atoms. The number of halogens is 1. The highest BCUT2D eigenvalue weighted by atomic mass is 19.1. The molecule has 3 nitrogen and oxygen atoms in total. The Morgan fingerprint density at radius 2 is 1.76 bits per heavy atom. The van der Waals surface area contributed by atoms with Gasteiger partial charge < -0.3 is 11.1 Å². The topological polar surface area (TPSA) is 55.1 Å². The molecule has 0 aromatic heterocycles. The molecule has 1 amide bonds. The van der Waals surface area contributed by atoms with Crippen molar-refractivity contribution in [2.45, 2.75) is 33.2 Å². The van der Waals surface area contributed by atoms with Crippen LogP contribution in [0.1, 0.15) is 27.7 Å². The van der Waals surface area contributed by atoms with Gasteiger partial charge in [0, 0.05) is 5.54 Å². The average Bonchev–Trinajstić information content (AvgIpc) is 2.19. The van der Waals surface area contributed by atoms with Gasteiger partial charge in [-0.3, -0.25) is 4.79 Å². The van der Waals surface area contributed by atoms with Crippen molar-refractivity contribution in [3.8, 4) is 0 Å². The largest absolute Gasteiger partial charge is 0.325 e. The minimum atomic E-state index is -0.796. The van der Waals surface area contributed by atoms with E-state index < -0.39 is 16.8 Å². The van der Waals surface area contributed by atoms with Crippen LogP contribution in [0.15, 0.2) is 24.3 Å². The number of benzene rings is 1. The molecule has 0 saturated heterocycles. The molecule has 0 bridgehead atoms. The first-order valence-corrected chi connectivity index (χ1v) is 5.51. The molecule has 4 heteroatoms. The minimum absolute atomic E-state index is 0.176. The molecule has 1 aromatic rings. The van der Waals surface area contributed by atoms with Crippen LogP contribution in [0.25, 0.3) is 0 Å². The fourth-order valence-electron chi connectivity index (χ4n) is 1.13. The summed E-state index contributed by atoms with van der Waals surface area (Å²) < 4.78 is 13.4. The van der Waals surface area contributed by atoms with E-state index in [0.29, 0.717) is 0 Å². The molecule has 0 aliphatic carbocycles. The fraction of sp³-hybridized carbons (Fsp3) is 0.462. The normalized spacial score (nSPS) is 12.4. The summed E-state index contributed by atoms with van der Waals surface area (Å²) in [6.07, 6.45) is 0. The number of carbonyl (C=O) groups excluding carboxylic acids is 1. The number of hydrogen-bond donors (Lipinski definition) is 2. The number of para-hydroxylation sites is 1. The lowest BCUT2D eigenvalue weighted by atomic mass is 9.74. The zero-order valence-electron chi connectivity index (χ0n) is 10.7. The van der Waals surface area contributed by atoms with E-state index in [-0.39, 0.29) is 11.6 Å². The Morgan fingerprint density at radius 1 is 1.24 bits per heavy atom. The molecule has 0 fully saturated rings. The molecule has 0 aliphatic rings. The summed E-state index contributed by atoms with van der Waals surface area (Å²) in [5.74, 6) is -0.749. The number of hydrogen-bond acceptors (Lipinski definition) is 2. The number of anilines is 1. The lowest BCUT2D eigenvalue weighted by Gasteiger charge is -2.36. The molecule has 94 valence electrons. The summed E-state index contributed by atoms with van der Waals surface area (Å²) in [7, 11) is 0. The van der Waals surface area contributed by atoms with E-state index in [2.05, 4.69) is 5.32 Å². The molecule has 0 saturated carbocycles. The average molecular weight is 238 g/mol. The van der Waals surface area contributed by atoms with Crippen molar-refractivity contribution in [3.05, 3.63) is 30.1 Å². The zero-order chi connectivity index (χ0) is 13.3. The van der Waals surface area contributed by atoms with Crippen molar-refractivity contribution in [1.82, 2.24) is 0 Å². The number of carbonyl (C=O) groups is 1. The van der Waals surface area contributed by atoms with Gasteiger partial charge in [-0.25, -0.2) is 4.39 Å². The van der Waals surface area contributed by atoms with Crippen LogP contribution >= 0.6 is 0 Å². The molecule has 3 N–H and O–H groups in total. The summed E-state index contributed by atoms with van der Waals surface area (Å²) in [5.41, 5.74) is 4.64. The van der Waals surface area contributed by atoms with Crippen LogP contribution in [0.5, 0.6) is 0 Å². The third-order valence-electron chi connectivity index (χ3n) is 3.30. The van der Waals surface area contributed by atoms with E-state index in [1.165, 1.54) is 12.1 Å². The van der Waals surface area contributed by atoms with Crippen molar-refractivity contribution >= 4 is 11.6 Å². The fourth-order valence-corrected chi connectivity index (χ4v) is 1.13. The second kappa shape index (κ2) is 4.45. The van der Waals surface area contributed by atoms with Crippen LogP contribution in [0.3, 0.4) is 0 Å². The third kappa shape index (κ3) is 2.82. The maximum atomic E-state index is 13.4. The zero-order valence-corrected chi connectivity index (χ0v) is 10.7. The van der Waals surface area contributed by atoms with Gasteiger partial charge in [0.2, 0.25) is 5.91 Å². The van der Waals surface area contributed by atoms with Gasteiger partial charge >= 0.3 is 0 Å². The Balaban J connectivity index is 2.91. The Morgan fingerprint density at radius 3 is 2.24 bits per heavy atom. The van der Waals surface area contributed by atoms with Gasteiger partial charge in [0.15, 0.2) is 0 Å². The van der Waals surface area contributed by atoms with E-state index in [4.69, 9.17) is 5.73 Å². The van der Waals surface area contributed by atoms with Gasteiger partial charge in [-0.05, 0) is 39.8 Å². The van der Waals surface area contributed by atoms with Crippen LogP contribution in [0.2, 0.25) is 0 Å². The molecule has 0 atom stereocenters. The van der Waals surface area contributed by atoms with Gasteiger partial charge in [0.25, 0.3) is 0 Å². The van der Waals surface area contributed by atoms with Crippen LogP contribution < -0.4 is 11.1 Å². The Labute approximate surface area is 101 Å². The summed E-state index contributed by atoms with van der Waals surface area (Å²) in [6, 6.07) is 6.06. The van der Waals surface area contributed by atoms with E-state index in [1.54, 1.807) is 39.8 Å². The van der Waals surface area contributed by atoms with Gasteiger partial charge in [-0.1, -0.05) is 12.1 Å². The minimum Gasteiger partial charge on any atom is -0.325 e. The lowest BCUT2D eigenvalue weighted by molar-refractivity contribution is -0.126. The SMILES string of the molecule is CC(C)(N)C(C)(C)C(=O)Nc1ccccc1F. The first kappa shape index (κ1) is 13.6.